The van der Waals surface area contributed by atoms with Crippen LogP contribution in [0.25, 0.3) is 0 Å². The quantitative estimate of drug-likeness (QED) is 0.352. The molecule has 0 amide bonds. The molecule has 0 saturated carbocycles. The van der Waals surface area contributed by atoms with Gasteiger partial charge in [-0.2, -0.15) is 0 Å². The number of aliphatic imine (C=N–C) groups is 1. The standard InChI is InChI=1S/C22H37ClN4O/c1-4-24-22(25-13-7-9-19-8-5-6-10-21(19)23)26-20-11-14-27(15-12-20)16-17-28-18(2)3/h5-6,8,10,18,20H,4,7,9,11-17H2,1-3H3,(H2,24,25,26). The first kappa shape index (κ1) is 23.0. The molecule has 5 nitrogen and oxygen atoms in total. The number of aryl methyl sites for hydroxylation is 1. The Kier molecular flexibility index (Phi) is 10.7. The number of benzene rings is 1. The summed E-state index contributed by atoms with van der Waals surface area (Å²) in [6.07, 6.45) is 4.56. The van der Waals surface area contributed by atoms with E-state index in [2.05, 4.69) is 42.4 Å². The van der Waals surface area contributed by atoms with Crippen LogP contribution in [0.5, 0.6) is 0 Å². The van der Waals surface area contributed by atoms with Crippen LogP contribution in [0.3, 0.4) is 0 Å². The number of nitrogens with zero attached hydrogens (tertiary/aromatic N) is 2. The maximum Gasteiger partial charge on any atom is 0.191 e. The largest absolute Gasteiger partial charge is 0.377 e. The van der Waals surface area contributed by atoms with E-state index in [1.807, 2.05) is 18.2 Å². The van der Waals surface area contributed by atoms with Gasteiger partial charge in [0.05, 0.1) is 12.7 Å². The molecule has 1 saturated heterocycles. The van der Waals surface area contributed by atoms with Crippen molar-refractivity contribution < 1.29 is 4.74 Å². The number of piperidine rings is 1. The van der Waals surface area contributed by atoms with Crippen LogP contribution in [0.4, 0.5) is 0 Å². The van der Waals surface area contributed by atoms with Crippen LogP contribution >= 0.6 is 11.6 Å². The second kappa shape index (κ2) is 13.0. The summed E-state index contributed by atoms with van der Waals surface area (Å²) in [6.45, 7) is 12.0. The second-order valence-electron chi connectivity index (χ2n) is 7.64. The molecule has 28 heavy (non-hydrogen) atoms. The van der Waals surface area contributed by atoms with Crippen molar-refractivity contribution in [2.24, 2.45) is 4.99 Å². The number of hydrogen-bond donors (Lipinski definition) is 2. The molecule has 1 fully saturated rings. The van der Waals surface area contributed by atoms with E-state index in [9.17, 15) is 0 Å². The molecule has 0 radical (unpaired) electrons. The maximum absolute atomic E-state index is 6.23. The maximum atomic E-state index is 6.23. The average molecular weight is 409 g/mol. The van der Waals surface area contributed by atoms with E-state index in [0.717, 1.165) is 76.0 Å². The summed E-state index contributed by atoms with van der Waals surface area (Å²) in [5.41, 5.74) is 1.20. The third-order valence-electron chi connectivity index (χ3n) is 4.96. The van der Waals surface area contributed by atoms with Crippen LogP contribution < -0.4 is 10.6 Å². The SMILES string of the molecule is CCNC(=NCCCc1ccccc1Cl)NC1CCN(CCOC(C)C)CC1. The van der Waals surface area contributed by atoms with Crippen molar-refractivity contribution in [2.75, 3.05) is 39.3 Å². The lowest BCUT2D eigenvalue weighted by Crippen LogP contribution is -2.49. The van der Waals surface area contributed by atoms with Crippen molar-refractivity contribution in [1.29, 1.82) is 0 Å². The normalized spacial score (nSPS) is 16.5. The predicted molar refractivity (Wildman–Crippen MR) is 119 cm³/mol. The van der Waals surface area contributed by atoms with Crippen molar-refractivity contribution in [3.63, 3.8) is 0 Å². The molecule has 0 spiro atoms. The van der Waals surface area contributed by atoms with Gasteiger partial charge in [0.1, 0.15) is 0 Å². The number of nitrogens with one attached hydrogen (secondary N) is 2. The molecule has 0 bridgehead atoms. The first-order chi connectivity index (χ1) is 13.6. The van der Waals surface area contributed by atoms with Gasteiger partial charge in [0.15, 0.2) is 5.96 Å². The van der Waals surface area contributed by atoms with Gasteiger partial charge in [-0.15, -0.1) is 0 Å². The van der Waals surface area contributed by atoms with E-state index in [4.69, 9.17) is 21.3 Å². The van der Waals surface area contributed by atoms with Crippen molar-refractivity contribution in [3.8, 4) is 0 Å². The topological polar surface area (TPSA) is 48.9 Å². The van der Waals surface area contributed by atoms with Crippen LogP contribution in [0.1, 0.15) is 45.6 Å². The van der Waals surface area contributed by atoms with Gasteiger partial charge in [-0.05, 0) is 58.1 Å². The molecule has 0 aromatic heterocycles. The highest BCUT2D eigenvalue weighted by Crippen LogP contribution is 2.16. The molecule has 2 N–H and O–H groups in total. The highest BCUT2D eigenvalue weighted by molar-refractivity contribution is 6.31. The van der Waals surface area contributed by atoms with Gasteiger partial charge < -0.3 is 20.3 Å². The summed E-state index contributed by atoms with van der Waals surface area (Å²) in [7, 11) is 0. The predicted octanol–water partition coefficient (Wildman–Crippen LogP) is 3.72. The Bertz CT molecular complexity index is 586. The molecule has 0 unspecified atom stereocenters. The van der Waals surface area contributed by atoms with E-state index < -0.39 is 0 Å². The minimum Gasteiger partial charge on any atom is -0.377 e. The molecular weight excluding hydrogens is 372 g/mol. The van der Waals surface area contributed by atoms with Crippen LogP contribution in [0, 0.1) is 0 Å². The third-order valence-corrected chi connectivity index (χ3v) is 5.33. The van der Waals surface area contributed by atoms with Gasteiger partial charge in [-0.3, -0.25) is 4.99 Å². The van der Waals surface area contributed by atoms with Crippen molar-refractivity contribution in [2.45, 2.75) is 58.6 Å². The summed E-state index contributed by atoms with van der Waals surface area (Å²) in [4.78, 5) is 7.25. The molecule has 1 heterocycles. The lowest BCUT2D eigenvalue weighted by Gasteiger charge is -2.33. The molecule has 6 heteroatoms. The van der Waals surface area contributed by atoms with Crippen molar-refractivity contribution in [3.05, 3.63) is 34.9 Å². The Hall–Kier alpha value is -1.30. The van der Waals surface area contributed by atoms with Crippen LogP contribution in [0.15, 0.2) is 29.3 Å². The Morgan fingerprint density at radius 1 is 1.29 bits per heavy atom. The van der Waals surface area contributed by atoms with Gasteiger partial charge in [0, 0.05) is 43.8 Å². The summed E-state index contributed by atoms with van der Waals surface area (Å²) in [5, 5.41) is 7.84. The Morgan fingerprint density at radius 2 is 2.04 bits per heavy atom. The Balaban J connectivity index is 1.70. The zero-order valence-corrected chi connectivity index (χ0v) is 18.5. The average Bonchev–Trinajstić information content (AvgIpc) is 2.67. The molecular formula is C22H37ClN4O. The summed E-state index contributed by atoms with van der Waals surface area (Å²) in [6, 6.07) is 8.54. The number of halogens is 1. The number of ether oxygens (including phenoxy) is 1. The van der Waals surface area contributed by atoms with Gasteiger partial charge in [-0.1, -0.05) is 29.8 Å². The van der Waals surface area contributed by atoms with Crippen LogP contribution in [-0.4, -0.2) is 62.3 Å². The number of hydrogen-bond acceptors (Lipinski definition) is 3. The Labute approximate surface area is 175 Å². The first-order valence-corrected chi connectivity index (χ1v) is 11.1. The Morgan fingerprint density at radius 3 is 2.71 bits per heavy atom. The minimum absolute atomic E-state index is 0.316. The molecule has 158 valence electrons. The lowest BCUT2D eigenvalue weighted by atomic mass is 10.1. The molecule has 0 aliphatic carbocycles. The van der Waals surface area contributed by atoms with Crippen molar-refractivity contribution in [1.82, 2.24) is 15.5 Å². The summed E-state index contributed by atoms with van der Waals surface area (Å²) in [5.74, 6) is 0.934. The van der Waals surface area contributed by atoms with E-state index in [1.54, 1.807) is 0 Å². The fourth-order valence-electron chi connectivity index (χ4n) is 3.39. The van der Waals surface area contributed by atoms with E-state index >= 15 is 0 Å². The van der Waals surface area contributed by atoms with Crippen LogP contribution in [-0.2, 0) is 11.2 Å². The van der Waals surface area contributed by atoms with Crippen LogP contribution in [0.2, 0.25) is 5.02 Å². The van der Waals surface area contributed by atoms with Gasteiger partial charge in [-0.25, -0.2) is 0 Å². The van der Waals surface area contributed by atoms with Gasteiger partial charge in [0.25, 0.3) is 0 Å². The monoisotopic (exact) mass is 408 g/mol. The third kappa shape index (κ3) is 8.80. The first-order valence-electron chi connectivity index (χ1n) is 10.7. The fourth-order valence-corrected chi connectivity index (χ4v) is 3.62. The minimum atomic E-state index is 0.316. The van der Waals surface area contributed by atoms with E-state index in [0.29, 0.717) is 12.1 Å². The smallest absolute Gasteiger partial charge is 0.191 e. The highest BCUT2D eigenvalue weighted by Gasteiger charge is 2.19. The molecule has 1 aliphatic heterocycles. The van der Waals surface area contributed by atoms with Gasteiger partial charge in [0.2, 0.25) is 0 Å². The number of rotatable bonds is 10. The number of likely N-dealkylation sites (tertiary alicyclic amines) is 1. The van der Waals surface area contributed by atoms with Gasteiger partial charge >= 0.3 is 0 Å². The molecule has 2 rings (SSSR count). The lowest BCUT2D eigenvalue weighted by molar-refractivity contribution is 0.0532. The van der Waals surface area contributed by atoms with Crippen molar-refractivity contribution >= 4 is 17.6 Å². The second-order valence-corrected chi connectivity index (χ2v) is 8.04. The summed E-state index contributed by atoms with van der Waals surface area (Å²) < 4.78 is 5.67. The molecule has 1 aromatic carbocycles. The fraction of sp³-hybridized carbons (Fsp3) is 0.682. The zero-order chi connectivity index (χ0) is 20.2. The molecule has 0 atom stereocenters. The highest BCUT2D eigenvalue weighted by atomic mass is 35.5. The molecule has 1 aliphatic rings. The molecule has 1 aromatic rings. The number of guanidine groups is 1. The zero-order valence-electron chi connectivity index (χ0n) is 17.7. The van der Waals surface area contributed by atoms with E-state index in [-0.39, 0.29) is 0 Å². The van der Waals surface area contributed by atoms with E-state index in [1.165, 1.54) is 5.56 Å². The summed E-state index contributed by atoms with van der Waals surface area (Å²) >= 11 is 6.23.